The lowest BCUT2D eigenvalue weighted by atomic mass is 9.95. The molecule has 0 radical (unpaired) electrons. The van der Waals surface area contributed by atoms with Crippen molar-refractivity contribution in [2.75, 3.05) is 14.2 Å². The number of ether oxygens (including phenoxy) is 2. The summed E-state index contributed by atoms with van der Waals surface area (Å²) in [6, 6.07) is 3.57. The van der Waals surface area contributed by atoms with E-state index in [4.69, 9.17) is 9.47 Å². The molecule has 1 saturated carbocycles. The summed E-state index contributed by atoms with van der Waals surface area (Å²) in [5.74, 6) is 0.435. The molecule has 1 fully saturated rings. The molecule has 8 heteroatoms. The lowest BCUT2D eigenvalue weighted by Gasteiger charge is -2.24. The van der Waals surface area contributed by atoms with Crippen molar-refractivity contribution in [2.45, 2.75) is 56.0 Å². The Kier molecular flexibility index (Phi) is 6.66. The van der Waals surface area contributed by atoms with Gasteiger partial charge in [0.1, 0.15) is 0 Å². The first kappa shape index (κ1) is 19.5. The fourth-order valence-electron chi connectivity index (χ4n) is 2.91. The minimum Gasteiger partial charge on any atom is -0.493 e. The molecule has 1 unspecified atom stereocenters. The smallest absolute Gasteiger partial charge is 0.241 e. The van der Waals surface area contributed by atoms with Gasteiger partial charge in [-0.3, -0.25) is 4.79 Å². The number of nitrogens with one attached hydrogen (secondary N) is 2. The van der Waals surface area contributed by atoms with Crippen molar-refractivity contribution in [2.24, 2.45) is 0 Å². The molecule has 2 rings (SSSR count). The van der Waals surface area contributed by atoms with Crippen LogP contribution in [0.2, 0.25) is 0 Å². The average Bonchev–Trinajstić information content (AvgIpc) is 2.61. The molecule has 0 saturated heterocycles. The highest BCUT2D eigenvalue weighted by molar-refractivity contribution is 7.89. The van der Waals surface area contributed by atoms with Crippen LogP contribution in [0.3, 0.4) is 0 Å². The fraction of sp³-hybridized carbons (Fsp3) is 0.588. The van der Waals surface area contributed by atoms with E-state index in [2.05, 4.69) is 10.0 Å². The zero-order valence-corrected chi connectivity index (χ0v) is 15.7. The third kappa shape index (κ3) is 5.09. The molecule has 0 spiro atoms. The topological polar surface area (TPSA) is 93.7 Å². The van der Waals surface area contributed by atoms with Crippen LogP contribution in [-0.4, -0.2) is 40.6 Å². The summed E-state index contributed by atoms with van der Waals surface area (Å²) >= 11 is 0. The maximum absolute atomic E-state index is 12.5. The number of hydrogen-bond donors (Lipinski definition) is 2. The quantitative estimate of drug-likeness (QED) is 0.764. The lowest BCUT2D eigenvalue weighted by molar-refractivity contribution is -0.123. The van der Waals surface area contributed by atoms with Gasteiger partial charge in [0.25, 0.3) is 0 Å². The summed E-state index contributed by atoms with van der Waals surface area (Å²) in [5, 5.41) is 2.92. The molecule has 0 bridgehead atoms. The predicted molar refractivity (Wildman–Crippen MR) is 94.3 cm³/mol. The molecule has 1 aliphatic carbocycles. The van der Waals surface area contributed by atoms with E-state index in [1.807, 2.05) is 0 Å². The summed E-state index contributed by atoms with van der Waals surface area (Å²) in [4.78, 5) is 12.3. The monoisotopic (exact) mass is 370 g/mol. The number of rotatable bonds is 7. The van der Waals surface area contributed by atoms with Crippen LogP contribution in [0.5, 0.6) is 11.5 Å². The predicted octanol–water partition coefficient (Wildman–Crippen LogP) is 1.82. The Bertz CT molecular complexity index is 699. The van der Waals surface area contributed by atoms with Crippen LogP contribution in [0.15, 0.2) is 23.1 Å². The van der Waals surface area contributed by atoms with E-state index in [1.165, 1.54) is 45.8 Å². The largest absolute Gasteiger partial charge is 0.493 e. The van der Waals surface area contributed by atoms with Crippen LogP contribution in [-0.2, 0) is 14.8 Å². The van der Waals surface area contributed by atoms with Gasteiger partial charge < -0.3 is 14.8 Å². The molecule has 1 atom stereocenters. The fourth-order valence-corrected chi connectivity index (χ4v) is 4.13. The van der Waals surface area contributed by atoms with Crippen LogP contribution in [0, 0.1) is 0 Å². The van der Waals surface area contributed by atoms with Gasteiger partial charge in [0.2, 0.25) is 15.9 Å². The van der Waals surface area contributed by atoms with E-state index in [-0.39, 0.29) is 16.8 Å². The Morgan fingerprint density at radius 2 is 1.76 bits per heavy atom. The molecule has 25 heavy (non-hydrogen) atoms. The molecular formula is C17H26N2O5S. The molecular weight excluding hydrogens is 344 g/mol. The van der Waals surface area contributed by atoms with Gasteiger partial charge in [-0.25, -0.2) is 8.42 Å². The van der Waals surface area contributed by atoms with Gasteiger partial charge in [0.15, 0.2) is 11.5 Å². The minimum absolute atomic E-state index is 0.0162. The number of amides is 1. The summed E-state index contributed by atoms with van der Waals surface area (Å²) in [6.45, 7) is 1.54. The van der Waals surface area contributed by atoms with Gasteiger partial charge in [-0.1, -0.05) is 19.3 Å². The third-order valence-corrected chi connectivity index (χ3v) is 5.88. The second-order valence-corrected chi connectivity index (χ2v) is 7.92. The van der Waals surface area contributed by atoms with Crippen molar-refractivity contribution in [1.29, 1.82) is 0 Å². The number of benzene rings is 1. The van der Waals surface area contributed by atoms with Crippen LogP contribution < -0.4 is 19.5 Å². The van der Waals surface area contributed by atoms with Crippen molar-refractivity contribution in [3.8, 4) is 11.5 Å². The second kappa shape index (κ2) is 8.53. The second-order valence-electron chi connectivity index (χ2n) is 6.20. The van der Waals surface area contributed by atoms with Gasteiger partial charge in [0, 0.05) is 12.1 Å². The van der Waals surface area contributed by atoms with Crippen molar-refractivity contribution in [3.05, 3.63) is 18.2 Å². The Morgan fingerprint density at radius 3 is 2.36 bits per heavy atom. The normalized spacial score (nSPS) is 16.9. The summed E-state index contributed by atoms with van der Waals surface area (Å²) in [6.07, 6.45) is 5.27. The third-order valence-electron chi connectivity index (χ3n) is 4.34. The van der Waals surface area contributed by atoms with Crippen LogP contribution >= 0.6 is 0 Å². The van der Waals surface area contributed by atoms with E-state index in [0.717, 1.165) is 25.7 Å². The Labute approximate surface area is 149 Å². The number of carbonyl (C=O) groups is 1. The number of methoxy groups -OCH3 is 2. The minimum atomic E-state index is -3.85. The SMILES string of the molecule is COc1ccc(S(=O)(=O)NC(C)C(=O)NC2CCCCC2)cc1OC. The van der Waals surface area contributed by atoms with Crippen LogP contribution in [0.25, 0.3) is 0 Å². The zero-order chi connectivity index (χ0) is 18.4. The lowest BCUT2D eigenvalue weighted by Crippen LogP contribution is -2.48. The highest BCUT2D eigenvalue weighted by atomic mass is 32.2. The van der Waals surface area contributed by atoms with E-state index < -0.39 is 16.1 Å². The van der Waals surface area contributed by atoms with E-state index in [1.54, 1.807) is 0 Å². The van der Waals surface area contributed by atoms with Crippen LogP contribution in [0.1, 0.15) is 39.0 Å². The van der Waals surface area contributed by atoms with Crippen molar-refractivity contribution in [3.63, 3.8) is 0 Å². The maximum Gasteiger partial charge on any atom is 0.241 e. The van der Waals surface area contributed by atoms with Gasteiger partial charge in [-0.2, -0.15) is 4.72 Å². The standard InChI is InChI=1S/C17H26N2O5S/c1-12(17(20)18-13-7-5-4-6-8-13)19-25(21,22)14-9-10-15(23-2)16(11-14)24-3/h9-13,19H,4-8H2,1-3H3,(H,18,20). The first-order valence-corrected chi connectivity index (χ1v) is 9.90. The van der Waals surface area contributed by atoms with Crippen LogP contribution in [0.4, 0.5) is 0 Å². The summed E-state index contributed by atoms with van der Waals surface area (Å²) in [5.41, 5.74) is 0. The number of carbonyl (C=O) groups excluding carboxylic acids is 1. The molecule has 1 aliphatic rings. The highest BCUT2D eigenvalue weighted by Crippen LogP contribution is 2.29. The molecule has 140 valence electrons. The highest BCUT2D eigenvalue weighted by Gasteiger charge is 2.25. The van der Waals surface area contributed by atoms with Gasteiger partial charge >= 0.3 is 0 Å². The first-order chi connectivity index (χ1) is 11.9. The van der Waals surface area contributed by atoms with Crippen molar-refractivity contribution < 1.29 is 22.7 Å². The Balaban J connectivity index is 2.05. The molecule has 7 nitrogen and oxygen atoms in total. The van der Waals surface area contributed by atoms with Gasteiger partial charge in [-0.15, -0.1) is 0 Å². The van der Waals surface area contributed by atoms with Crippen molar-refractivity contribution in [1.82, 2.24) is 10.0 Å². The maximum atomic E-state index is 12.5. The summed E-state index contributed by atoms with van der Waals surface area (Å²) in [7, 11) is -0.943. The van der Waals surface area contributed by atoms with E-state index in [9.17, 15) is 13.2 Å². The molecule has 1 aromatic rings. The molecule has 1 amide bonds. The Morgan fingerprint density at radius 1 is 1.12 bits per heavy atom. The van der Waals surface area contributed by atoms with Gasteiger partial charge in [-0.05, 0) is 31.9 Å². The summed E-state index contributed by atoms with van der Waals surface area (Å²) < 4.78 is 37.7. The number of hydrogen-bond acceptors (Lipinski definition) is 5. The molecule has 2 N–H and O–H groups in total. The Hall–Kier alpha value is -1.80. The van der Waals surface area contributed by atoms with E-state index in [0.29, 0.717) is 11.5 Å². The van der Waals surface area contributed by atoms with E-state index >= 15 is 0 Å². The van der Waals surface area contributed by atoms with Gasteiger partial charge in [0.05, 0.1) is 25.2 Å². The average molecular weight is 370 g/mol. The molecule has 1 aromatic carbocycles. The molecule has 0 aliphatic heterocycles. The van der Waals surface area contributed by atoms with Crippen molar-refractivity contribution >= 4 is 15.9 Å². The molecule has 0 aromatic heterocycles. The molecule has 0 heterocycles. The first-order valence-electron chi connectivity index (χ1n) is 8.42. The zero-order valence-electron chi connectivity index (χ0n) is 14.9. The number of sulfonamides is 1.